The Morgan fingerprint density at radius 2 is 1.47 bits per heavy atom. The Labute approximate surface area is 90.5 Å². The zero-order valence-corrected chi connectivity index (χ0v) is 9.49. The number of nitrogens with two attached hydrogens (primary N) is 1. The summed E-state index contributed by atoms with van der Waals surface area (Å²) in [6.07, 6.45) is 0. The minimum atomic E-state index is 0.806. The Balaban J connectivity index is 2.83. The van der Waals surface area contributed by atoms with E-state index in [0.29, 0.717) is 0 Å². The summed E-state index contributed by atoms with van der Waals surface area (Å²) in [7, 11) is 6.49. The van der Waals surface area contributed by atoms with Gasteiger partial charge < -0.3 is 5.73 Å². The number of hydrogen-bond acceptors (Lipinski definition) is 1. The molecule has 0 amide bonds. The van der Waals surface area contributed by atoms with Gasteiger partial charge in [-0.1, -0.05) is 18.2 Å². The van der Waals surface area contributed by atoms with Gasteiger partial charge in [0, 0.05) is 16.5 Å². The van der Waals surface area contributed by atoms with Crippen LogP contribution in [0.5, 0.6) is 0 Å². The molecule has 0 spiro atoms. The van der Waals surface area contributed by atoms with E-state index in [1.165, 1.54) is 11.1 Å². The van der Waals surface area contributed by atoms with Crippen molar-refractivity contribution in [3.8, 4) is 0 Å². The van der Waals surface area contributed by atoms with Crippen molar-refractivity contribution in [3.63, 3.8) is 0 Å². The fraction of sp³-hybridized carbons (Fsp3) is 0.231. The van der Waals surface area contributed by atoms with Crippen LogP contribution in [0.3, 0.4) is 0 Å². The lowest BCUT2D eigenvalue weighted by Gasteiger charge is -2.25. The molecule has 2 nitrogen and oxygen atoms in total. The predicted molar refractivity (Wildman–Crippen MR) is 67.9 cm³/mol. The van der Waals surface area contributed by atoms with E-state index in [2.05, 4.69) is 45.4 Å². The molecule has 0 radical (unpaired) electrons. The molecule has 2 aromatic rings. The van der Waals surface area contributed by atoms with Crippen LogP contribution in [0, 0.1) is 0 Å². The van der Waals surface area contributed by atoms with Crippen molar-refractivity contribution in [1.29, 1.82) is 0 Å². The monoisotopic (exact) mass is 201 g/mol. The molecule has 0 aliphatic heterocycles. The molecule has 0 saturated carbocycles. The fourth-order valence-corrected chi connectivity index (χ4v) is 1.90. The van der Waals surface area contributed by atoms with Gasteiger partial charge in [-0.3, -0.25) is 4.48 Å². The van der Waals surface area contributed by atoms with Gasteiger partial charge in [-0.25, -0.2) is 0 Å². The Hall–Kier alpha value is -1.54. The lowest BCUT2D eigenvalue weighted by Crippen LogP contribution is -2.34. The molecular formula is C13H17N2+. The first-order chi connectivity index (χ1) is 7.00. The fourth-order valence-electron chi connectivity index (χ4n) is 1.90. The van der Waals surface area contributed by atoms with E-state index in [-0.39, 0.29) is 0 Å². The standard InChI is InChI=1S/C13H17N2/c1-15(2,3)13-9-5-6-10-11(13)7-4-8-12(10)14/h4-9H,14H2,1-3H3/q+1. The Morgan fingerprint density at radius 1 is 0.867 bits per heavy atom. The highest BCUT2D eigenvalue weighted by Crippen LogP contribution is 2.31. The third-order valence-corrected chi connectivity index (χ3v) is 2.66. The molecule has 0 aliphatic rings. The maximum atomic E-state index is 5.96. The summed E-state index contributed by atoms with van der Waals surface area (Å²) in [5.41, 5.74) is 8.10. The Bertz CT molecular complexity index is 495. The highest BCUT2D eigenvalue weighted by Gasteiger charge is 2.15. The van der Waals surface area contributed by atoms with Gasteiger partial charge in [0.15, 0.2) is 0 Å². The van der Waals surface area contributed by atoms with E-state index in [1.54, 1.807) is 0 Å². The number of fused-ring (bicyclic) bond motifs is 1. The first-order valence-electron chi connectivity index (χ1n) is 5.09. The maximum Gasteiger partial charge on any atom is 0.140 e. The number of hydrogen-bond donors (Lipinski definition) is 1. The van der Waals surface area contributed by atoms with Crippen molar-refractivity contribution < 1.29 is 0 Å². The van der Waals surface area contributed by atoms with Crippen molar-refractivity contribution in [2.45, 2.75) is 0 Å². The van der Waals surface area contributed by atoms with Crippen molar-refractivity contribution in [1.82, 2.24) is 4.48 Å². The minimum Gasteiger partial charge on any atom is -0.398 e. The third kappa shape index (κ3) is 1.68. The van der Waals surface area contributed by atoms with Gasteiger partial charge >= 0.3 is 0 Å². The highest BCUT2D eigenvalue weighted by molar-refractivity contribution is 6.00. The van der Waals surface area contributed by atoms with Gasteiger partial charge in [0.2, 0.25) is 0 Å². The van der Waals surface area contributed by atoms with Crippen molar-refractivity contribution in [2.24, 2.45) is 0 Å². The predicted octanol–water partition coefficient (Wildman–Crippen LogP) is 2.62. The first kappa shape index (κ1) is 9.99. The molecule has 2 rings (SSSR count). The average molecular weight is 201 g/mol. The van der Waals surface area contributed by atoms with Crippen LogP contribution in [-0.2, 0) is 0 Å². The van der Waals surface area contributed by atoms with Gasteiger partial charge in [0.25, 0.3) is 0 Å². The summed E-state index contributed by atoms with van der Waals surface area (Å²) in [6.45, 7) is 0. The quantitative estimate of drug-likeness (QED) is 0.557. The molecule has 0 atom stereocenters. The van der Waals surface area contributed by atoms with Gasteiger partial charge in [-0.2, -0.15) is 0 Å². The summed E-state index contributed by atoms with van der Waals surface area (Å²) in [4.78, 5) is 0. The SMILES string of the molecule is C[N+](C)(C)c1cccc2c(N)cccc12. The second-order valence-electron chi connectivity index (χ2n) is 4.73. The van der Waals surface area contributed by atoms with Crippen LogP contribution in [0.4, 0.5) is 11.4 Å². The van der Waals surface area contributed by atoms with E-state index in [9.17, 15) is 0 Å². The number of benzene rings is 2. The molecule has 0 fully saturated rings. The molecule has 2 heteroatoms. The zero-order chi connectivity index (χ0) is 11.1. The number of anilines is 1. The molecule has 0 saturated heterocycles. The van der Waals surface area contributed by atoms with Crippen LogP contribution in [0.15, 0.2) is 36.4 Å². The van der Waals surface area contributed by atoms with Crippen LogP contribution in [0.2, 0.25) is 0 Å². The van der Waals surface area contributed by atoms with Gasteiger partial charge in [0.1, 0.15) is 5.69 Å². The summed E-state index contributed by atoms with van der Waals surface area (Å²) < 4.78 is 0.806. The lowest BCUT2D eigenvalue weighted by molar-refractivity contribution is 0.490. The topological polar surface area (TPSA) is 26.0 Å². The van der Waals surface area contributed by atoms with Crippen LogP contribution >= 0.6 is 0 Å². The van der Waals surface area contributed by atoms with E-state index in [4.69, 9.17) is 5.73 Å². The number of quaternary nitrogens is 1. The second kappa shape index (κ2) is 3.24. The number of nitrogens with zero attached hydrogens (tertiary/aromatic N) is 1. The second-order valence-corrected chi connectivity index (χ2v) is 4.73. The average Bonchev–Trinajstić information content (AvgIpc) is 2.16. The molecule has 0 aromatic heterocycles. The van der Waals surface area contributed by atoms with Crippen LogP contribution in [0.25, 0.3) is 10.8 Å². The van der Waals surface area contributed by atoms with Crippen LogP contribution in [0.1, 0.15) is 0 Å². The lowest BCUT2D eigenvalue weighted by atomic mass is 10.1. The molecule has 0 aliphatic carbocycles. The molecule has 15 heavy (non-hydrogen) atoms. The van der Waals surface area contributed by atoms with E-state index >= 15 is 0 Å². The van der Waals surface area contributed by atoms with Crippen LogP contribution < -0.4 is 10.2 Å². The Morgan fingerprint density at radius 3 is 2.13 bits per heavy atom. The molecule has 2 N–H and O–H groups in total. The molecule has 0 unspecified atom stereocenters. The van der Waals surface area contributed by atoms with E-state index < -0.39 is 0 Å². The third-order valence-electron chi connectivity index (χ3n) is 2.66. The van der Waals surface area contributed by atoms with Crippen LogP contribution in [-0.4, -0.2) is 21.1 Å². The summed E-state index contributed by atoms with van der Waals surface area (Å²) in [5.74, 6) is 0. The maximum absolute atomic E-state index is 5.96. The Kier molecular flexibility index (Phi) is 2.16. The minimum absolute atomic E-state index is 0.806. The molecule has 0 heterocycles. The van der Waals surface area contributed by atoms with Gasteiger partial charge in [-0.15, -0.1) is 0 Å². The van der Waals surface area contributed by atoms with Gasteiger partial charge in [-0.05, 0) is 18.2 Å². The number of nitrogen functional groups attached to an aromatic ring is 1. The normalized spacial score (nSPS) is 11.9. The molecule has 2 aromatic carbocycles. The zero-order valence-electron chi connectivity index (χ0n) is 9.49. The van der Waals surface area contributed by atoms with E-state index in [1.807, 2.05) is 12.1 Å². The molecular weight excluding hydrogens is 184 g/mol. The van der Waals surface area contributed by atoms with Crippen molar-refractivity contribution in [3.05, 3.63) is 36.4 Å². The largest absolute Gasteiger partial charge is 0.398 e. The first-order valence-corrected chi connectivity index (χ1v) is 5.09. The molecule has 78 valence electrons. The highest BCUT2D eigenvalue weighted by atomic mass is 15.3. The summed E-state index contributed by atoms with van der Waals surface area (Å²) in [5, 5.41) is 2.38. The van der Waals surface area contributed by atoms with Crippen molar-refractivity contribution in [2.75, 3.05) is 26.9 Å². The van der Waals surface area contributed by atoms with Crippen molar-refractivity contribution >= 4 is 22.1 Å². The summed E-state index contributed by atoms with van der Waals surface area (Å²) >= 11 is 0. The smallest absolute Gasteiger partial charge is 0.140 e. The number of rotatable bonds is 1. The molecule has 0 bridgehead atoms. The summed E-state index contributed by atoms with van der Waals surface area (Å²) in [6, 6.07) is 12.4. The van der Waals surface area contributed by atoms with Gasteiger partial charge in [0.05, 0.1) is 21.1 Å². The van der Waals surface area contributed by atoms with E-state index in [0.717, 1.165) is 15.6 Å².